The van der Waals surface area contributed by atoms with Gasteiger partial charge in [-0.3, -0.25) is 14.7 Å². The number of nitrogens with two attached hydrogens (primary N) is 1. The van der Waals surface area contributed by atoms with E-state index in [0.717, 1.165) is 12.2 Å². The van der Waals surface area contributed by atoms with Crippen LogP contribution in [0, 0.1) is 5.92 Å². The second-order valence-electron chi connectivity index (χ2n) is 5.06. The highest BCUT2D eigenvalue weighted by Crippen LogP contribution is 2.07. The van der Waals surface area contributed by atoms with Gasteiger partial charge in [0.15, 0.2) is 0 Å². The maximum absolute atomic E-state index is 11.3. The minimum atomic E-state index is -0.416. The fraction of sp³-hybridized carbons (Fsp3) is 0.500. The van der Waals surface area contributed by atoms with Crippen LogP contribution in [0.25, 0.3) is 0 Å². The van der Waals surface area contributed by atoms with Gasteiger partial charge in [-0.25, -0.2) is 4.79 Å². The zero-order valence-electron chi connectivity index (χ0n) is 12.1. The molecule has 0 atom stereocenters. The summed E-state index contributed by atoms with van der Waals surface area (Å²) in [4.78, 5) is 28.5. The monoisotopic (exact) mass is 279 g/mol. The number of carbonyl (C=O) groups is 2. The maximum Gasteiger partial charge on any atom is 0.339 e. The van der Waals surface area contributed by atoms with Gasteiger partial charge in [0, 0.05) is 19.3 Å². The third-order valence-corrected chi connectivity index (χ3v) is 2.63. The van der Waals surface area contributed by atoms with E-state index in [9.17, 15) is 9.59 Å². The average Bonchev–Trinajstić information content (AvgIpc) is 2.37. The van der Waals surface area contributed by atoms with Crippen molar-refractivity contribution in [2.24, 2.45) is 11.7 Å². The Morgan fingerprint density at radius 3 is 2.55 bits per heavy atom. The number of aromatic nitrogens is 1. The number of ether oxygens (including phenoxy) is 1. The molecule has 1 aromatic heterocycles. The highest BCUT2D eigenvalue weighted by molar-refractivity contribution is 5.88. The van der Waals surface area contributed by atoms with Crippen molar-refractivity contribution in [3.63, 3.8) is 0 Å². The lowest BCUT2D eigenvalue weighted by Crippen LogP contribution is -2.36. The van der Waals surface area contributed by atoms with Crippen LogP contribution >= 0.6 is 0 Å². The summed E-state index contributed by atoms with van der Waals surface area (Å²) in [6, 6.07) is 3.41. The molecule has 6 nitrogen and oxygen atoms in total. The van der Waals surface area contributed by atoms with Crippen molar-refractivity contribution < 1.29 is 14.3 Å². The van der Waals surface area contributed by atoms with Gasteiger partial charge in [-0.2, -0.15) is 0 Å². The minimum absolute atomic E-state index is 0.193. The van der Waals surface area contributed by atoms with E-state index in [1.165, 1.54) is 13.3 Å². The molecule has 0 unspecified atom stereocenters. The molecule has 1 aromatic rings. The molecule has 0 aliphatic carbocycles. The lowest BCUT2D eigenvalue weighted by Gasteiger charge is -2.22. The quantitative estimate of drug-likeness (QED) is 0.747. The van der Waals surface area contributed by atoms with Crippen LogP contribution in [0.3, 0.4) is 0 Å². The number of carbonyl (C=O) groups excluding carboxylic acids is 2. The van der Waals surface area contributed by atoms with Crippen LogP contribution in [-0.2, 0) is 16.1 Å². The van der Waals surface area contributed by atoms with E-state index in [1.54, 1.807) is 12.1 Å². The molecular formula is C14H21N3O3. The largest absolute Gasteiger partial charge is 0.465 e. The van der Waals surface area contributed by atoms with Crippen LogP contribution in [0.4, 0.5) is 0 Å². The summed E-state index contributed by atoms with van der Waals surface area (Å²) in [6.07, 6.45) is 1.47. The van der Waals surface area contributed by atoms with Gasteiger partial charge in [0.05, 0.1) is 24.9 Å². The first-order chi connectivity index (χ1) is 9.42. The number of esters is 1. The summed E-state index contributed by atoms with van der Waals surface area (Å²) in [7, 11) is 1.33. The lowest BCUT2D eigenvalue weighted by atomic mass is 10.2. The Morgan fingerprint density at radius 2 is 2.10 bits per heavy atom. The molecule has 20 heavy (non-hydrogen) atoms. The Balaban J connectivity index is 2.72. The fourth-order valence-electron chi connectivity index (χ4n) is 1.91. The van der Waals surface area contributed by atoms with Crippen LogP contribution < -0.4 is 5.73 Å². The average molecular weight is 279 g/mol. The van der Waals surface area contributed by atoms with E-state index < -0.39 is 5.97 Å². The molecule has 6 heteroatoms. The second kappa shape index (κ2) is 7.59. The number of nitrogens with zero attached hydrogens (tertiary/aromatic N) is 2. The van der Waals surface area contributed by atoms with Gasteiger partial charge >= 0.3 is 5.97 Å². The molecule has 1 amide bonds. The highest BCUT2D eigenvalue weighted by atomic mass is 16.5. The number of rotatable bonds is 7. The van der Waals surface area contributed by atoms with Crippen molar-refractivity contribution in [1.82, 2.24) is 9.88 Å². The molecular weight excluding hydrogens is 258 g/mol. The molecule has 0 saturated carbocycles. The summed E-state index contributed by atoms with van der Waals surface area (Å²) < 4.78 is 4.61. The molecule has 0 saturated heterocycles. The molecule has 0 aromatic carbocycles. The van der Waals surface area contributed by atoms with Gasteiger partial charge < -0.3 is 10.5 Å². The number of pyridine rings is 1. The van der Waals surface area contributed by atoms with Crippen LogP contribution in [0.5, 0.6) is 0 Å². The number of hydrogen-bond donors (Lipinski definition) is 1. The molecule has 2 N–H and O–H groups in total. The summed E-state index contributed by atoms with van der Waals surface area (Å²) in [5, 5.41) is 0. The van der Waals surface area contributed by atoms with Crippen LogP contribution in [-0.4, -0.2) is 42.0 Å². The predicted octanol–water partition coefficient (Wildman–Crippen LogP) is 0.811. The van der Waals surface area contributed by atoms with E-state index in [2.05, 4.69) is 23.6 Å². The van der Waals surface area contributed by atoms with Gasteiger partial charge in [0.2, 0.25) is 5.91 Å². The zero-order valence-corrected chi connectivity index (χ0v) is 12.1. The minimum Gasteiger partial charge on any atom is -0.465 e. The van der Waals surface area contributed by atoms with Gasteiger partial charge in [0.25, 0.3) is 0 Å². The lowest BCUT2D eigenvalue weighted by molar-refractivity contribution is -0.119. The molecule has 0 radical (unpaired) electrons. The predicted molar refractivity (Wildman–Crippen MR) is 74.9 cm³/mol. The second-order valence-corrected chi connectivity index (χ2v) is 5.06. The number of methoxy groups -OCH3 is 1. The van der Waals surface area contributed by atoms with Gasteiger partial charge in [-0.15, -0.1) is 0 Å². The van der Waals surface area contributed by atoms with Crippen molar-refractivity contribution in [1.29, 1.82) is 0 Å². The Morgan fingerprint density at radius 1 is 1.40 bits per heavy atom. The number of amides is 1. The topological polar surface area (TPSA) is 85.5 Å². The van der Waals surface area contributed by atoms with E-state index in [-0.39, 0.29) is 12.5 Å². The van der Waals surface area contributed by atoms with Crippen molar-refractivity contribution >= 4 is 11.9 Å². The first-order valence-corrected chi connectivity index (χ1v) is 6.46. The Bertz CT molecular complexity index is 457. The highest BCUT2D eigenvalue weighted by Gasteiger charge is 2.12. The summed E-state index contributed by atoms with van der Waals surface area (Å²) in [5.74, 6) is -0.360. The van der Waals surface area contributed by atoms with Crippen molar-refractivity contribution in [2.45, 2.75) is 20.4 Å². The number of hydrogen-bond acceptors (Lipinski definition) is 5. The van der Waals surface area contributed by atoms with E-state index >= 15 is 0 Å². The van der Waals surface area contributed by atoms with Gasteiger partial charge in [-0.05, 0) is 18.1 Å². The third-order valence-electron chi connectivity index (χ3n) is 2.63. The molecule has 110 valence electrons. The third kappa shape index (κ3) is 5.36. The Hall–Kier alpha value is -1.95. The standard InChI is InChI=1S/C14H21N3O3/c1-10(2)7-17(9-13(15)18)8-12-5-4-11(6-16-12)14(19)20-3/h4-6,10H,7-9H2,1-3H3,(H2,15,18). The molecule has 1 rings (SSSR count). The van der Waals surface area contributed by atoms with Crippen LogP contribution in [0.1, 0.15) is 29.9 Å². The first kappa shape index (κ1) is 16.1. The molecule has 0 spiro atoms. The first-order valence-electron chi connectivity index (χ1n) is 6.46. The van der Waals surface area contributed by atoms with E-state index in [0.29, 0.717) is 18.0 Å². The normalized spacial score (nSPS) is 10.8. The molecule has 0 fully saturated rings. The molecule has 0 aliphatic rings. The van der Waals surface area contributed by atoms with Gasteiger partial charge in [-0.1, -0.05) is 13.8 Å². The van der Waals surface area contributed by atoms with Crippen molar-refractivity contribution in [3.8, 4) is 0 Å². The van der Waals surface area contributed by atoms with E-state index in [4.69, 9.17) is 5.73 Å². The van der Waals surface area contributed by atoms with Crippen LogP contribution in [0.2, 0.25) is 0 Å². The molecule has 0 aliphatic heterocycles. The van der Waals surface area contributed by atoms with Crippen LogP contribution in [0.15, 0.2) is 18.3 Å². The SMILES string of the molecule is COC(=O)c1ccc(CN(CC(N)=O)CC(C)C)nc1. The molecule has 1 heterocycles. The summed E-state index contributed by atoms with van der Waals surface area (Å²) in [6.45, 7) is 5.61. The van der Waals surface area contributed by atoms with E-state index in [1.807, 2.05) is 4.90 Å². The smallest absolute Gasteiger partial charge is 0.339 e. The maximum atomic E-state index is 11.3. The fourth-order valence-corrected chi connectivity index (χ4v) is 1.91. The Labute approximate surface area is 118 Å². The molecule has 0 bridgehead atoms. The van der Waals surface area contributed by atoms with Crippen molar-refractivity contribution in [3.05, 3.63) is 29.6 Å². The number of primary amides is 1. The summed E-state index contributed by atoms with van der Waals surface area (Å²) >= 11 is 0. The Kier molecular flexibility index (Phi) is 6.11. The van der Waals surface area contributed by atoms with Gasteiger partial charge in [0.1, 0.15) is 0 Å². The van der Waals surface area contributed by atoms with Crippen molar-refractivity contribution in [2.75, 3.05) is 20.2 Å². The zero-order chi connectivity index (χ0) is 15.1. The summed E-state index contributed by atoms with van der Waals surface area (Å²) in [5.41, 5.74) is 6.42.